The Morgan fingerprint density at radius 2 is 1.79 bits per heavy atom. The lowest BCUT2D eigenvalue weighted by molar-refractivity contribution is -0.143. The number of imidazole rings is 1. The van der Waals surface area contributed by atoms with Gasteiger partial charge in [0.1, 0.15) is 6.54 Å². The number of rotatable bonds is 5. The number of imide groups is 1. The number of amides is 3. The van der Waals surface area contributed by atoms with Crippen LogP contribution < -0.4 is 5.32 Å². The molecule has 2 fully saturated rings. The number of hydrogen-bond acceptors (Lipinski definition) is 4. The Balaban J connectivity index is 1.37. The van der Waals surface area contributed by atoms with Gasteiger partial charge in [0, 0.05) is 18.1 Å². The molecule has 0 bridgehead atoms. The fourth-order valence-corrected chi connectivity index (χ4v) is 4.25. The molecule has 7 heteroatoms. The Bertz CT molecular complexity index is 852. The van der Waals surface area contributed by atoms with Crippen molar-refractivity contribution in [2.75, 3.05) is 6.54 Å². The third kappa shape index (κ3) is 3.44. The molecule has 7 nitrogen and oxygen atoms in total. The zero-order valence-electron chi connectivity index (χ0n) is 15.9. The Labute approximate surface area is 163 Å². The highest BCUT2D eigenvalue weighted by Crippen LogP contribution is 2.37. The second-order valence-corrected chi connectivity index (χ2v) is 7.61. The summed E-state index contributed by atoms with van der Waals surface area (Å²) in [7, 11) is 0. The van der Waals surface area contributed by atoms with Crippen LogP contribution in [-0.2, 0) is 14.4 Å². The molecule has 2 aliphatic rings. The van der Waals surface area contributed by atoms with Gasteiger partial charge in [-0.1, -0.05) is 25.0 Å². The van der Waals surface area contributed by atoms with Crippen LogP contribution in [0.4, 0.5) is 0 Å². The summed E-state index contributed by atoms with van der Waals surface area (Å²) < 4.78 is 1.90. The molecule has 1 saturated heterocycles. The summed E-state index contributed by atoms with van der Waals surface area (Å²) in [4.78, 5) is 42.7. The molecule has 1 aliphatic carbocycles. The van der Waals surface area contributed by atoms with Gasteiger partial charge in [0.2, 0.25) is 17.7 Å². The van der Waals surface area contributed by atoms with Crippen molar-refractivity contribution in [1.82, 2.24) is 19.8 Å². The van der Waals surface area contributed by atoms with Crippen LogP contribution in [-0.4, -0.2) is 38.7 Å². The van der Waals surface area contributed by atoms with Gasteiger partial charge in [-0.2, -0.15) is 0 Å². The number of fused-ring (bicyclic) bond motifs is 1. The van der Waals surface area contributed by atoms with Gasteiger partial charge in [0.05, 0.1) is 24.2 Å². The predicted octanol–water partition coefficient (Wildman–Crippen LogP) is 2.22. The Kier molecular flexibility index (Phi) is 4.98. The highest BCUT2D eigenvalue weighted by atomic mass is 16.2. The van der Waals surface area contributed by atoms with E-state index in [1.165, 1.54) is 0 Å². The molecule has 1 saturated carbocycles. The first-order valence-electron chi connectivity index (χ1n) is 9.77. The van der Waals surface area contributed by atoms with Crippen molar-refractivity contribution in [2.24, 2.45) is 11.8 Å². The maximum absolute atomic E-state index is 12.5. The number of hydrogen-bond donors (Lipinski definition) is 1. The van der Waals surface area contributed by atoms with Crippen LogP contribution in [0.5, 0.6) is 0 Å². The fraction of sp³-hybridized carbons (Fsp3) is 0.429. The molecule has 3 unspecified atom stereocenters. The monoisotopic (exact) mass is 380 g/mol. The first-order valence-corrected chi connectivity index (χ1v) is 9.77. The lowest BCUT2D eigenvalue weighted by atomic mass is 9.81. The Hall–Kier alpha value is -2.96. The second kappa shape index (κ2) is 7.58. The molecule has 3 amide bonds. The van der Waals surface area contributed by atoms with Gasteiger partial charge in [-0.3, -0.25) is 19.3 Å². The summed E-state index contributed by atoms with van der Waals surface area (Å²) in [5.41, 5.74) is 1.93. The first kappa shape index (κ1) is 18.4. The van der Waals surface area contributed by atoms with E-state index in [1.54, 1.807) is 12.5 Å². The van der Waals surface area contributed by atoms with Crippen LogP contribution in [0.1, 0.15) is 44.2 Å². The SMILES string of the molecule is CC(NC(=O)CN1C(=O)C2CCCCC2C1=O)c1ccc(-n2ccnc2)cc1. The molecule has 1 aromatic carbocycles. The van der Waals surface area contributed by atoms with Crippen molar-refractivity contribution in [3.63, 3.8) is 0 Å². The quantitative estimate of drug-likeness (QED) is 0.806. The van der Waals surface area contributed by atoms with E-state index in [9.17, 15) is 14.4 Å². The van der Waals surface area contributed by atoms with Gasteiger partial charge in [0.25, 0.3) is 0 Å². The molecule has 0 spiro atoms. The van der Waals surface area contributed by atoms with Crippen molar-refractivity contribution < 1.29 is 14.4 Å². The van der Waals surface area contributed by atoms with Crippen molar-refractivity contribution >= 4 is 17.7 Å². The van der Waals surface area contributed by atoms with E-state index in [-0.39, 0.29) is 42.1 Å². The van der Waals surface area contributed by atoms with Gasteiger partial charge in [-0.25, -0.2) is 4.98 Å². The summed E-state index contributed by atoms with van der Waals surface area (Å²) in [6, 6.07) is 7.58. The number of benzene rings is 1. The summed E-state index contributed by atoms with van der Waals surface area (Å²) in [6.07, 6.45) is 8.77. The van der Waals surface area contributed by atoms with Crippen molar-refractivity contribution in [3.8, 4) is 5.69 Å². The van der Waals surface area contributed by atoms with Crippen molar-refractivity contribution in [1.29, 1.82) is 0 Å². The molecule has 146 valence electrons. The van der Waals surface area contributed by atoms with Crippen LogP contribution in [0.3, 0.4) is 0 Å². The Morgan fingerprint density at radius 3 is 2.36 bits per heavy atom. The van der Waals surface area contributed by atoms with E-state index in [4.69, 9.17) is 0 Å². The average molecular weight is 380 g/mol. The topological polar surface area (TPSA) is 84.3 Å². The average Bonchev–Trinajstić information content (AvgIpc) is 3.32. The molecule has 4 rings (SSSR count). The minimum atomic E-state index is -0.313. The standard InChI is InChI=1S/C21H24N4O3/c1-14(15-6-8-16(9-7-15)24-11-10-22-13-24)23-19(26)12-25-20(27)17-4-2-3-5-18(17)21(25)28/h6-11,13-14,17-18H,2-5,12H2,1H3,(H,23,26). The smallest absolute Gasteiger partial charge is 0.240 e. The molecular weight excluding hydrogens is 356 g/mol. The van der Waals surface area contributed by atoms with E-state index >= 15 is 0 Å². The zero-order valence-corrected chi connectivity index (χ0v) is 15.9. The molecule has 2 heterocycles. The number of aromatic nitrogens is 2. The lowest BCUT2D eigenvalue weighted by Gasteiger charge is -2.19. The third-order valence-corrected chi connectivity index (χ3v) is 5.81. The maximum Gasteiger partial charge on any atom is 0.240 e. The maximum atomic E-state index is 12.5. The number of carbonyl (C=O) groups excluding carboxylic acids is 3. The number of likely N-dealkylation sites (tertiary alicyclic amines) is 1. The number of nitrogens with one attached hydrogen (secondary N) is 1. The number of nitrogens with zero attached hydrogens (tertiary/aromatic N) is 3. The highest BCUT2D eigenvalue weighted by Gasteiger charge is 2.48. The van der Waals surface area contributed by atoms with Crippen LogP contribution in [0.25, 0.3) is 5.69 Å². The highest BCUT2D eigenvalue weighted by molar-refractivity contribution is 6.07. The Morgan fingerprint density at radius 1 is 1.14 bits per heavy atom. The van der Waals surface area contributed by atoms with E-state index in [0.717, 1.165) is 41.8 Å². The molecule has 2 aromatic rings. The molecule has 1 aromatic heterocycles. The van der Waals surface area contributed by atoms with Crippen molar-refractivity contribution in [3.05, 3.63) is 48.5 Å². The van der Waals surface area contributed by atoms with E-state index < -0.39 is 0 Å². The van der Waals surface area contributed by atoms with Crippen LogP contribution in [0, 0.1) is 11.8 Å². The van der Waals surface area contributed by atoms with E-state index in [2.05, 4.69) is 10.3 Å². The van der Waals surface area contributed by atoms with Gasteiger partial charge >= 0.3 is 0 Å². The van der Waals surface area contributed by atoms with E-state index in [0.29, 0.717) is 0 Å². The molecule has 1 aliphatic heterocycles. The normalized spacial score (nSPS) is 22.8. The van der Waals surface area contributed by atoms with Crippen LogP contribution in [0.2, 0.25) is 0 Å². The molecule has 3 atom stereocenters. The van der Waals surface area contributed by atoms with Crippen LogP contribution in [0.15, 0.2) is 43.0 Å². The largest absolute Gasteiger partial charge is 0.348 e. The molecule has 1 N–H and O–H groups in total. The predicted molar refractivity (Wildman–Crippen MR) is 102 cm³/mol. The summed E-state index contributed by atoms with van der Waals surface area (Å²) in [5.74, 6) is -1.11. The minimum absolute atomic E-state index is 0.179. The lowest BCUT2D eigenvalue weighted by Crippen LogP contribution is -2.41. The number of carbonyl (C=O) groups is 3. The third-order valence-electron chi connectivity index (χ3n) is 5.81. The van der Waals surface area contributed by atoms with Gasteiger partial charge < -0.3 is 9.88 Å². The summed E-state index contributed by atoms with van der Waals surface area (Å²) in [6.45, 7) is 1.69. The van der Waals surface area contributed by atoms with Crippen LogP contribution >= 0.6 is 0 Å². The summed E-state index contributed by atoms with van der Waals surface area (Å²) >= 11 is 0. The molecule has 0 radical (unpaired) electrons. The van der Waals surface area contributed by atoms with Crippen molar-refractivity contribution in [2.45, 2.75) is 38.6 Å². The first-order chi connectivity index (χ1) is 13.5. The zero-order chi connectivity index (χ0) is 19.7. The summed E-state index contributed by atoms with van der Waals surface area (Å²) in [5, 5.41) is 2.90. The second-order valence-electron chi connectivity index (χ2n) is 7.61. The van der Waals surface area contributed by atoms with Gasteiger partial charge in [-0.15, -0.1) is 0 Å². The van der Waals surface area contributed by atoms with Gasteiger partial charge in [0.15, 0.2) is 0 Å². The molecule has 28 heavy (non-hydrogen) atoms. The fourth-order valence-electron chi connectivity index (χ4n) is 4.25. The van der Waals surface area contributed by atoms with Gasteiger partial charge in [-0.05, 0) is 37.5 Å². The molecular formula is C21H24N4O3. The minimum Gasteiger partial charge on any atom is -0.348 e. The van der Waals surface area contributed by atoms with E-state index in [1.807, 2.05) is 42.0 Å².